The number of rotatable bonds is 2. The Labute approximate surface area is 104 Å². The van der Waals surface area contributed by atoms with Crippen LogP contribution < -0.4 is 0 Å². The monoisotopic (exact) mass is 233 g/mol. The van der Waals surface area contributed by atoms with Crippen LogP contribution in [0.25, 0.3) is 0 Å². The summed E-state index contributed by atoms with van der Waals surface area (Å²) in [6, 6.07) is 4.02. The smallest absolute Gasteiger partial charge is 0.0688 e. The molecule has 0 spiro atoms. The maximum absolute atomic E-state index is 10.7. The molecule has 1 N–H and O–H groups in total. The van der Waals surface area contributed by atoms with Crippen LogP contribution in [0.15, 0.2) is 24.5 Å². The molecule has 1 aliphatic carbocycles. The molecule has 2 rings (SSSR count). The Hall–Kier alpha value is -0.890. The van der Waals surface area contributed by atoms with Crippen molar-refractivity contribution in [1.82, 2.24) is 4.98 Å². The highest BCUT2D eigenvalue weighted by Gasteiger charge is 2.33. The van der Waals surface area contributed by atoms with Crippen molar-refractivity contribution in [2.75, 3.05) is 0 Å². The van der Waals surface area contributed by atoms with E-state index in [0.29, 0.717) is 5.41 Å². The third-order valence-electron chi connectivity index (χ3n) is 4.05. The summed E-state index contributed by atoms with van der Waals surface area (Å²) in [4.78, 5) is 4.02. The molecular formula is C15H23NO. The Morgan fingerprint density at radius 2 is 1.82 bits per heavy atom. The lowest BCUT2D eigenvalue weighted by molar-refractivity contribution is 0.0226. The first-order chi connectivity index (χ1) is 7.99. The van der Waals surface area contributed by atoms with E-state index in [1.54, 1.807) is 12.4 Å². The van der Waals surface area contributed by atoms with Gasteiger partial charge in [-0.15, -0.1) is 0 Å². The maximum Gasteiger partial charge on any atom is 0.0688 e. The van der Waals surface area contributed by atoms with Crippen LogP contribution in [0.4, 0.5) is 0 Å². The molecule has 17 heavy (non-hydrogen) atoms. The number of aromatic nitrogens is 1. The number of hydrogen-bond acceptors (Lipinski definition) is 2. The van der Waals surface area contributed by atoms with E-state index in [0.717, 1.165) is 32.1 Å². The number of nitrogens with zero attached hydrogens (tertiary/aromatic N) is 1. The summed E-state index contributed by atoms with van der Waals surface area (Å²) >= 11 is 0. The van der Waals surface area contributed by atoms with E-state index in [-0.39, 0.29) is 0 Å². The number of pyridine rings is 1. The van der Waals surface area contributed by atoms with Crippen LogP contribution in [0.2, 0.25) is 0 Å². The van der Waals surface area contributed by atoms with Gasteiger partial charge in [0.2, 0.25) is 0 Å². The predicted molar refractivity (Wildman–Crippen MR) is 69.8 cm³/mol. The number of aliphatic hydroxyl groups is 1. The third kappa shape index (κ3) is 3.53. The van der Waals surface area contributed by atoms with Crippen LogP contribution >= 0.6 is 0 Å². The molecule has 0 radical (unpaired) electrons. The third-order valence-corrected chi connectivity index (χ3v) is 4.05. The summed E-state index contributed by atoms with van der Waals surface area (Å²) in [6.07, 6.45) is 9.71. The Morgan fingerprint density at radius 1 is 1.12 bits per heavy atom. The van der Waals surface area contributed by atoms with E-state index in [1.165, 1.54) is 12.0 Å². The topological polar surface area (TPSA) is 33.1 Å². The molecule has 1 fully saturated rings. The molecule has 1 aromatic rings. The van der Waals surface area contributed by atoms with Crippen LogP contribution in [-0.2, 0) is 6.42 Å². The molecule has 0 saturated heterocycles. The molecule has 1 saturated carbocycles. The maximum atomic E-state index is 10.7. The Bertz CT molecular complexity index is 360. The first-order valence-electron chi connectivity index (χ1n) is 6.61. The minimum atomic E-state index is -0.505. The zero-order chi connectivity index (χ0) is 12.4. The fourth-order valence-corrected chi connectivity index (χ4v) is 2.77. The summed E-state index contributed by atoms with van der Waals surface area (Å²) in [5, 5.41) is 10.7. The fraction of sp³-hybridized carbons (Fsp3) is 0.667. The molecule has 2 nitrogen and oxygen atoms in total. The van der Waals surface area contributed by atoms with Gasteiger partial charge in [-0.05, 0) is 48.8 Å². The van der Waals surface area contributed by atoms with Crippen LogP contribution in [0.1, 0.15) is 51.5 Å². The molecule has 0 bridgehead atoms. The SMILES string of the molecule is CC1(C)CCCC(O)(Cc2ccncc2)CC1. The summed E-state index contributed by atoms with van der Waals surface area (Å²) in [6.45, 7) is 4.62. The van der Waals surface area contributed by atoms with Gasteiger partial charge in [0.25, 0.3) is 0 Å². The van der Waals surface area contributed by atoms with Gasteiger partial charge in [-0.3, -0.25) is 4.98 Å². The van der Waals surface area contributed by atoms with Crippen molar-refractivity contribution in [1.29, 1.82) is 0 Å². The average Bonchev–Trinajstić information content (AvgIpc) is 2.40. The van der Waals surface area contributed by atoms with E-state index in [2.05, 4.69) is 18.8 Å². The Balaban J connectivity index is 2.04. The summed E-state index contributed by atoms with van der Waals surface area (Å²) < 4.78 is 0. The lowest BCUT2D eigenvalue weighted by Crippen LogP contribution is -2.31. The van der Waals surface area contributed by atoms with Crippen molar-refractivity contribution in [3.63, 3.8) is 0 Å². The predicted octanol–water partition coefficient (Wildman–Crippen LogP) is 3.35. The first-order valence-corrected chi connectivity index (χ1v) is 6.61. The molecule has 0 amide bonds. The first kappa shape index (κ1) is 12.6. The van der Waals surface area contributed by atoms with Gasteiger partial charge in [0, 0.05) is 18.8 Å². The van der Waals surface area contributed by atoms with Gasteiger partial charge in [-0.25, -0.2) is 0 Å². The molecule has 0 aromatic carbocycles. The molecule has 1 aromatic heterocycles. The van der Waals surface area contributed by atoms with Crippen molar-refractivity contribution in [2.45, 2.75) is 58.0 Å². The van der Waals surface area contributed by atoms with Gasteiger partial charge < -0.3 is 5.11 Å². The van der Waals surface area contributed by atoms with Crippen molar-refractivity contribution in [3.05, 3.63) is 30.1 Å². The summed E-state index contributed by atoms with van der Waals surface area (Å²) in [5.74, 6) is 0. The summed E-state index contributed by atoms with van der Waals surface area (Å²) in [5.41, 5.74) is 1.08. The lowest BCUT2D eigenvalue weighted by Gasteiger charge is -2.28. The minimum absolute atomic E-state index is 0.392. The second-order valence-electron chi connectivity index (χ2n) is 6.27. The Kier molecular flexibility index (Phi) is 3.53. The van der Waals surface area contributed by atoms with Crippen molar-refractivity contribution in [2.24, 2.45) is 5.41 Å². The highest BCUT2D eigenvalue weighted by molar-refractivity contribution is 5.13. The van der Waals surface area contributed by atoms with Crippen molar-refractivity contribution in [3.8, 4) is 0 Å². The van der Waals surface area contributed by atoms with Gasteiger partial charge in [-0.1, -0.05) is 20.3 Å². The molecule has 1 heterocycles. The van der Waals surface area contributed by atoms with E-state index < -0.39 is 5.60 Å². The van der Waals surface area contributed by atoms with Crippen LogP contribution in [-0.4, -0.2) is 15.7 Å². The van der Waals surface area contributed by atoms with Gasteiger partial charge in [0.15, 0.2) is 0 Å². The molecular weight excluding hydrogens is 210 g/mol. The molecule has 94 valence electrons. The van der Waals surface area contributed by atoms with Gasteiger partial charge >= 0.3 is 0 Å². The second-order valence-corrected chi connectivity index (χ2v) is 6.27. The van der Waals surface area contributed by atoms with Gasteiger partial charge in [0.1, 0.15) is 0 Å². The molecule has 1 unspecified atom stereocenters. The lowest BCUT2D eigenvalue weighted by atomic mass is 9.83. The van der Waals surface area contributed by atoms with E-state index in [9.17, 15) is 5.11 Å². The minimum Gasteiger partial charge on any atom is -0.390 e. The Morgan fingerprint density at radius 3 is 2.53 bits per heavy atom. The average molecular weight is 233 g/mol. The molecule has 1 aliphatic rings. The second kappa shape index (κ2) is 4.77. The quantitative estimate of drug-likeness (QED) is 0.795. The summed E-state index contributed by atoms with van der Waals surface area (Å²) in [7, 11) is 0. The van der Waals surface area contributed by atoms with Crippen LogP contribution in [0.3, 0.4) is 0 Å². The van der Waals surface area contributed by atoms with E-state index >= 15 is 0 Å². The van der Waals surface area contributed by atoms with Crippen LogP contribution in [0, 0.1) is 5.41 Å². The fourth-order valence-electron chi connectivity index (χ4n) is 2.77. The van der Waals surface area contributed by atoms with Crippen molar-refractivity contribution < 1.29 is 5.11 Å². The van der Waals surface area contributed by atoms with E-state index in [4.69, 9.17) is 0 Å². The molecule has 1 atom stereocenters. The van der Waals surface area contributed by atoms with E-state index in [1.807, 2.05) is 12.1 Å². The van der Waals surface area contributed by atoms with Gasteiger partial charge in [0.05, 0.1) is 5.60 Å². The zero-order valence-electron chi connectivity index (χ0n) is 10.9. The molecule has 2 heteroatoms. The largest absolute Gasteiger partial charge is 0.390 e. The van der Waals surface area contributed by atoms with Crippen LogP contribution in [0.5, 0.6) is 0 Å². The molecule has 0 aliphatic heterocycles. The normalized spacial score (nSPS) is 28.6. The standard InChI is InChI=1S/C15H23NO/c1-14(2)6-3-7-15(17,9-8-14)12-13-4-10-16-11-5-13/h4-5,10-11,17H,3,6-9,12H2,1-2H3. The van der Waals surface area contributed by atoms with Crippen molar-refractivity contribution >= 4 is 0 Å². The van der Waals surface area contributed by atoms with Gasteiger partial charge in [-0.2, -0.15) is 0 Å². The highest BCUT2D eigenvalue weighted by atomic mass is 16.3. The number of hydrogen-bond donors (Lipinski definition) is 1. The zero-order valence-corrected chi connectivity index (χ0v) is 10.9. The highest BCUT2D eigenvalue weighted by Crippen LogP contribution is 2.39.